The lowest BCUT2D eigenvalue weighted by molar-refractivity contribution is -0.137. The Labute approximate surface area is 153 Å². The molecule has 0 aliphatic carbocycles. The molecule has 0 aliphatic rings. The number of aliphatic carboxylic acids is 1. The number of carboxylic acids is 1. The first-order valence-corrected chi connectivity index (χ1v) is 10.1. The maximum absolute atomic E-state index is 13.2. The second-order valence-corrected chi connectivity index (χ2v) is 7.82. The minimum atomic E-state index is -0.910. The van der Waals surface area contributed by atoms with Crippen LogP contribution in [0.1, 0.15) is 37.4 Å². The standard InChI is InChI=1S/C18H20N2O3S2/c1-3-6-13-19-17-16(18(23)20(13)9-8-14(21)22)15(11(4-2)25-17)12-7-5-10-24-12/h5,7,10H,3-4,6,8-9H2,1-2H3,(H,21,22). The summed E-state index contributed by atoms with van der Waals surface area (Å²) in [4.78, 5) is 31.9. The van der Waals surface area contributed by atoms with E-state index in [1.54, 1.807) is 27.2 Å². The number of rotatable bonds is 7. The minimum Gasteiger partial charge on any atom is -0.481 e. The number of carboxylic acid groups (broad SMARTS) is 1. The average Bonchev–Trinajstić information content (AvgIpc) is 3.21. The quantitative estimate of drug-likeness (QED) is 0.671. The molecular weight excluding hydrogens is 356 g/mol. The highest BCUT2D eigenvalue weighted by Gasteiger charge is 2.21. The Balaban J connectivity index is 2.28. The monoisotopic (exact) mass is 376 g/mol. The molecule has 5 nitrogen and oxygen atoms in total. The van der Waals surface area contributed by atoms with E-state index in [9.17, 15) is 9.59 Å². The Kier molecular flexibility index (Phi) is 5.34. The van der Waals surface area contributed by atoms with Gasteiger partial charge in [0.15, 0.2) is 0 Å². The molecule has 0 amide bonds. The summed E-state index contributed by atoms with van der Waals surface area (Å²) in [6.45, 7) is 4.27. The molecule has 0 fully saturated rings. The van der Waals surface area contributed by atoms with Gasteiger partial charge in [-0.15, -0.1) is 22.7 Å². The van der Waals surface area contributed by atoms with E-state index >= 15 is 0 Å². The molecule has 0 bridgehead atoms. The van der Waals surface area contributed by atoms with Crippen LogP contribution < -0.4 is 5.56 Å². The molecule has 0 saturated carbocycles. The largest absolute Gasteiger partial charge is 0.481 e. The van der Waals surface area contributed by atoms with Gasteiger partial charge in [-0.2, -0.15) is 0 Å². The SMILES string of the molecule is CCCc1nc2sc(CC)c(-c3cccs3)c2c(=O)n1CCC(=O)O. The van der Waals surface area contributed by atoms with E-state index in [0.29, 0.717) is 17.6 Å². The molecule has 3 aromatic heterocycles. The van der Waals surface area contributed by atoms with E-state index < -0.39 is 5.97 Å². The molecule has 0 saturated heterocycles. The lowest BCUT2D eigenvalue weighted by Gasteiger charge is -2.11. The molecule has 0 atom stereocenters. The molecule has 3 heterocycles. The van der Waals surface area contributed by atoms with Gasteiger partial charge in [0, 0.05) is 28.3 Å². The zero-order valence-corrected chi connectivity index (χ0v) is 15.9. The summed E-state index contributed by atoms with van der Waals surface area (Å²) in [6.07, 6.45) is 2.28. The predicted molar refractivity (Wildman–Crippen MR) is 103 cm³/mol. The van der Waals surface area contributed by atoms with Crippen LogP contribution in [-0.2, 0) is 24.2 Å². The van der Waals surface area contributed by atoms with Crippen molar-refractivity contribution < 1.29 is 9.90 Å². The molecule has 0 aromatic carbocycles. The summed E-state index contributed by atoms with van der Waals surface area (Å²) < 4.78 is 1.56. The summed E-state index contributed by atoms with van der Waals surface area (Å²) >= 11 is 3.18. The first kappa shape index (κ1) is 17.8. The number of thiophene rings is 2. The van der Waals surface area contributed by atoms with Crippen LogP contribution in [0.25, 0.3) is 20.7 Å². The van der Waals surface area contributed by atoms with Crippen LogP contribution in [0.3, 0.4) is 0 Å². The Morgan fingerprint density at radius 2 is 2.16 bits per heavy atom. The van der Waals surface area contributed by atoms with Crippen LogP contribution in [-0.4, -0.2) is 20.6 Å². The van der Waals surface area contributed by atoms with E-state index in [4.69, 9.17) is 10.1 Å². The number of hydrogen-bond donors (Lipinski definition) is 1. The first-order chi connectivity index (χ1) is 12.1. The fraction of sp³-hybridized carbons (Fsp3) is 0.389. The van der Waals surface area contributed by atoms with Gasteiger partial charge in [-0.3, -0.25) is 14.2 Å². The zero-order valence-electron chi connectivity index (χ0n) is 14.2. The number of aryl methyl sites for hydroxylation is 2. The number of hydrogen-bond acceptors (Lipinski definition) is 5. The second-order valence-electron chi connectivity index (χ2n) is 5.79. The number of carbonyl (C=O) groups is 1. The van der Waals surface area contributed by atoms with Gasteiger partial charge in [0.05, 0.1) is 11.8 Å². The number of aromatic nitrogens is 2. The molecule has 7 heteroatoms. The van der Waals surface area contributed by atoms with Crippen molar-refractivity contribution in [1.29, 1.82) is 0 Å². The van der Waals surface area contributed by atoms with Crippen LogP contribution >= 0.6 is 22.7 Å². The van der Waals surface area contributed by atoms with E-state index in [0.717, 1.165) is 33.0 Å². The lowest BCUT2D eigenvalue weighted by atomic mass is 10.1. The zero-order chi connectivity index (χ0) is 18.0. The molecular formula is C18H20N2O3S2. The van der Waals surface area contributed by atoms with Crippen LogP contribution in [0.4, 0.5) is 0 Å². The van der Waals surface area contributed by atoms with E-state index in [-0.39, 0.29) is 18.5 Å². The predicted octanol–water partition coefficient (Wildman–Crippen LogP) is 4.18. The van der Waals surface area contributed by atoms with E-state index in [1.807, 2.05) is 24.4 Å². The van der Waals surface area contributed by atoms with Gasteiger partial charge in [-0.05, 0) is 24.3 Å². The fourth-order valence-corrected chi connectivity index (χ4v) is 4.96. The van der Waals surface area contributed by atoms with Crippen molar-refractivity contribution in [2.45, 2.75) is 46.1 Å². The molecule has 0 aliphatic heterocycles. The molecule has 3 rings (SSSR count). The minimum absolute atomic E-state index is 0.0804. The van der Waals surface area contributed by atoms with Crippen molar-refractivity contribution in [1.82, 2.24) is 9.55 Å². The molecule has 25 heavy (non-hydrogen) atoms. The van der Waals surface area contributed by atoms with E-state index in [2.05, 4.69) is 6.92 Å². The highest BCUT2D eigenvalue weighted by atomic mass is 32.1. The summed E-state index contributed by atoms with van der Waals surface area (Å²) in [5, 5.41) is 11.6. The average molecular weight is 377 g/mol. The molecule has 1 N–H and O–H groups in total. The third-order valence-electron chi connectivity index (χ3n) is 4.08. The van der Waals surface area contributed by atoms with Gasteiger partial charge in [0.25, 0.3) is 5.56 Å². The van der Waals surface area contributed by atoms with Crippen molar-refractivity contribution >= 4 is 38.9 Å². The Hall–Kier alpha value is -1.99. The van der Waals surface area contributed by atoms with E-state index in [1.165, 1.54) is 0 Å². The molecule has 0 radical (unpaired) electrons. The maximum atomic E-state index is 13.2. The second kappa shape index (κ2) is 7.49. The Bertz CT molecular complexity index is 955. The fourth-order valence-electron chi connectivity index (χ4n) is 2.95. The summed E-state index contributed by atoms with van der Waals surface area (Å²) in [7, 11) is 0. The molecule has 0 spiro atoms. The first-order valence-electron chi connectivity index (χ1n) is 8.37. The topological polar surface area (TPSA) is 72.2 Å². The normalized spacial score (nSPS) is 11.3. The van der Waals surface area contributed by atoms with Crippen molar-refractivity contribution in [3.63, 3.8) is 0 Å². The summed E-state index contributed by atoms with van der Waals surface area (Å²) in [6, 6.07) is 4.00. The third kappa shape index (κ3) is 3.39. The highest BCUT2D eigenvalue weighted by Crippen LogP contribution is 2.38. The molecule has 0 unspecified atom stereocenters. The number of fused-ring (bicyclic) bond motifs is 1. The third-order valence-corrected chi connectivity index (χ3v) is 6.19. The summed E-state index contributed by atoms with van der Waals surface area (Å²) in [5.74, 6) is -0.227. The van der Waals surface area contributed by atoms with Gasteiger partial charge in [-0.25, -0.2) is 4.98 Å². The molecule has 3 aromatic rings. The van der Waals surface area contributed by atoms with Crippen molar-refractivity contribution in [2.75, 3.05) is 0 Å². The smallest absolute Gasteiger partial charge is 0.305 e. The van der Waals surface area contributed by atoms with Gasteiger partial charge in [-0.1, -0.05) is 19.9 Å². The van der Waals surface area contributed by atoms with Crippen LogP contribution in [0, 0.1) is 0 Å². The van der Waals surface area contributed by atoms with Gasteiger partial charge in [0.1, 0.15) is 10.7 Å². The molecule has 132 valence electrons. The van der Waals surface area contributed by atoms with Crippen LogP contribution in [0.2, 0.25) is 0 Å². The van der Waals surface area contributed by atoms with Crippen molar-refractivity contribution in [3.8, 4) is 10.4 Å². The van der Waals surface area contributed by atoms with Gasteiger partial charge >= 0.3 is 5.97 Å². The lowest BCUT2D eigenvalue weighted by Crippen LogP contribution is -2.26. The van der Waals surface area contributed by atoms with Crippen molar-refractivity contribution in [3.05, 3.63) is 38.6 Å². The van der Waals surface area contributed by atoms with Crippen LogP contribution in [0.5, 0.6) is 0 Å². The van der Waals surface area contributed by atoms with Crippen LogP contribution in [0.15, 0.2) is 22.3 Å². The van der Waals surface area contributed by atoms with Crippen molar-refractivity contribution in [2.24, 2.45) is 0 Å². The number of nitrogens with zero attached hydrogens (tertiary/aromatic N) is 2. The Morgan fingerprint density at radius 1 is 1.36 bits per heavy atom. The maximum Gasteiger partial charge on any atom is 0.305 e. The summed E-state index contributed by atoms with van der Waals surface area (Å²) in [5.41, 5.74) is 0.858. The Morgan fingerprint density at radius 3 is 2.76 bits per heavy atom. The van der Waals surface area contributed by atoms with Gasteiger partial charge < -0.3 is 5.11 Å². The highest BCUT2D eigenvalue weighted by molar-refractivity contribution is 7.20. The van der Waals surface area contributed by atoms with Gasteiger partial charge in [0.2, 0.25) is 0 Å².